The predicted molar refractivity (Wildman–Crippen MR) is 174 cm³/mol. The zero-order chi connectivity index (χ0) is 30.8. The maximum Gasteiger partial charge on any atom is 0.109 e. The van der Waals surface area contributed by atoms with E-state index < -0.39 is 0 Å². The molecule has 2 aromatic carbocycles. The summed E-state index contributed by atoms with van der Waals surface area (Å²) in [6, 6.07) is 16.4. The smallest absolute Gasteiger partial charge is 0.109 e. The summed E-state index contributed by atoms with van der Waals surface area (Å²) < 4.78 is 3.78. The third-order valence-electron chi connectivity index (χ3n) is 8.33. The van der Waals surface area contributed by atoms with Crippen LogP contribution in [0.15, 0.2) is 67.3 Å². The molecule has 44 heavy (non-hydrogen) atoms. The number of nitrogens with one attached hydrogen (secondary N) is 2. The lowest BCUT2D eigenvalue weighted by atomic mass is 9.98. The van der Waals surface area contributed by atoms with Gasteiger partial charge in [-0.25, -0.2) is 4.68 Å². The number of likely N-dealkylation sites (tertiary alicyclic amines) is 1. The quantitative estimate of drug-likeness (QED) is 0.210. The van der Waals surface area contributed by atoms with Crippen LogP contribution in [-0.4, -0.2) is 53.3 Å². The second kappa shape index (κ2) is 12.3. The van der Waals surface area contributed by atoms with E-state index in [0.29, 0.717) is 34.4 Å². The Bertz CT molecular complexity index is 1790. The molecule has 11 heteroatoms. The summed E-state index contributed by atoms with van der Waals surface area (Å²) >= 11 is 6.81. The van der Waals surface area contributed by atoms with Gasteiger partial charge in [0.2, 0.25) is 0 Å². The SMILES string of the molecule is Cn1cc(CNc2c(C#N)cnc3c(Cl)cc(N[C@@H](c4ccccc4)c4cn(C5CCN(C(C)(C)C)CC5)nn4)cc23)cn1. The molecule has 0 amide bonds. The summed E-state index contributed by atoms with van der Waals surface area (Å²) in [5, 5.41) is 31.7. The molecule has 0 radical (unpaired) electrons. The van der Waals surface area contributed by atoms with Crippen LogP contribution in [0, 0.1) is 11.3 Å². The second-order valence-corrected chi connectivity index (χ2v) is 12.8. The topological polar surface area (TPSA) is 113 Å². The van der Waals surface area contributed by atoms with Crippen LogP contribution in [0.25, 0.3) is 10.9 Å². The first-order chi connectivity index (χ1) is 21.2. The third kappa shape index (κ3) is 6.25. The first-order valence-corrected chi connectivity index (χ1v) is 15.3. The fourth-order valence-electron chi connectivity index (χ4n) is 5.91. The molecule has 3 aromatic heterocycles. The number of anilines is 2. The molecule has 0 bridgehead atoms. The summed E-state index contributed by atoms with van der Waals surface area (Å²) in [4.78, 5) is 7.05. The van der Waals surface area contributed by atoms with Crippen molar-refractivity contribution >= 4 is 33.9 Å². The minimum Gasteiger partial charge on any atom is -0.379 e. The number of aromatic nitrogens is 6. The van der Waals surface area contributed by atoms with Crippen LogP contribution in [0.3, 0.4) is 0 Å². The molecular formula is C33H37ClN10. The molecule has 1 fully saturated rings. The lowest BCUT2D eigenvalue weighted by Crippen LogP contribution is -2.46. The van der Waals surface area contributed by atoms with Crippen molar-refractivity contribution in [3.8, 4) is 6.07 Å². The highest BCUT2D eigenvalue weighted by Crippen LogP contribution is 2.36. The van der Waals surface area contributed by atoms with Crippen molar-refractivity contribution in [3.05, 3.63) is 94.7 Å². The highest BCUT2D eigenvalue weighted by Gasteiger charge is 2.29. The van der Waals surface area contributed by atoms with Gasteiger partial charge in [0.05, 0.1) is 46.3 Å². The Kier molecular flexibility index (Phi) is 8.25. The van der Waals surface area contributed by atoms with E-state index in [1.165, 1.54) is 0 Å². The van der Waals surface area contributed by atoms with Gasteiger partial charge in [0.15, 0.2) is 0 Å². The number of halogens is 1. The van der Waals surface area contributed by atoms with Crippen LogP contribution in [0.2, 0.25) is 5.02 Å². The number of hydrogen-bond acceptors (Lipinski definition) is 8. The van der Waals surface area contributed by atoms with Crippen molar-refractivity contribution in [2.45, 2.75) is 57.8 Å². The molecule has 4 heterocycles. The number of hydrogen-bond donors (Lipinski definition) is 2. The van der Waals surface area contributed by atoms with Crippen molar-refractivity contribution in [1.82, 2.24) is 34.7 Å². The number of fused-ring (bicyclic) bond motifs is 1. The summed E-state index contributed by atoms with van der Waals surface area (Å²) in [7, 11) is 1.88. The Morgan fingerprint density at radius 1 is 1.09 bits per heavy atom. The molecule has 1 aliphatic heterocycles. The van der Waals surface area contributed by atoms with Gasteiger partial charge in [-0.2, -0.15) is 10.4 Å². The van der Waals surface area contributed by atoms with E-state index >= 15 is 0 Å². The minimum absolute atomic E-state index is 0.166. The van der Waals surface area contributed by atoms with Gasteiger partial charge in [0.25, 0.3) is 0 Å². The van der Waals surface area contributed by atoms with E-state index in [1.54, 1.807) is 17.1 Å². The van der Waals surface area contributed by atoms with E-state index in [4.69, 9.17) is 11.6 Å². The van der Waals surface area contributed by atoms with Crippen molar-refractivity contribution in [1.29, 1.82) is 5.26 Å². The van der Waals surface area contributed by atoms with Gasteiger partial charge >= 0.3 is 0 Å². The van der Waals surface area contributed by atoms with E-state index in [0.717, 1.165) is 53.8 Å². The number of nitriles is 1. The molecule has 226 valence electrons. The van der Waals surface area contributed by atoms with E-state index in [2.05, 4.69) is 81.1 Å². The molecule has 0 unspecified atom stereocenters. The largest absolute Gasteiger partial charge is 0.379 e. The van der Waals surface area contributed by atoms with E-state index in [-0.39, 0.29) is 11.6 Å². The molecule has 5 aromatic rings. The van der Waals surface area contributed by atoms with Gasteiger partial charge in [-0.1, -0.05) is 47.1 Å². The fraction of sp³-hybridized carbons (Fsp3) is 0.364. The number of pyridine rings is 1. The fourth-order valence-corrected chi connectivity index (χ4v) is 6.18. The summed E-state index contributed by atoms with van der Waals surface area (Å²) in [6.45, 7) is 9.39. The average Bonchev–Trinajstić information content (AvgIpc) is 3.68. The maximum atomic E-state index is 9.91. The van der Waals surface area contributed by atoms with Crippen molar-refractivity contribution in [2.75, 3.05) is 23.7 Å². The Hall–Kier alpha value is -4.46. The molecule has 6 rings (SSSR count). The number of piperidine rings is 1. The zero-order valence-corrected chi connectivity index (χ0v) is 26.3. The molecule has 1 aliphatic rings. The first kappa shape index (κ1) is 29.6. The van der Waals surface area contributed by atoms with Crippen molar-refractivity contribution < 1.29 is 0 Å². The number of nitrogens with zero attached hydrogens (tertiary/aromatic N) is 8. The van der Waals surface area contributed by atoms with Crippen LogP contribution < -0.4 is 10.6 Å². The van der Waals surface area contributed by atoms with Gasteiger partial charge in [-0.3, -0.25) is 14.6 Å². The lowest BCUT2D eigenvalue weighted by molar-refractivity contribution is 0.0866. The van der Waals surface area contributed by atoms with Crippen LogP contribution in [0.4, 0.5) is 11.4 Å². The van der Waals surface area contributed by atoms with Gasteiger partial charge in [0.1, 0.15) is 11.8 Å². The van der Waals surface area contributed by atoms with Crippen molar-refractivity contribution in [2.24, 2.45) is 7.05 Å². The molecule has 1 saturated heterocycles. The number of benzene rings is 2. The molecule has 10 nitrogen and oxygen atoms in total. The average molecular weight is 609 g/mol. The van der Waals surface area contributed by atoms with Gasteiger partial charge < -0.3 is 10.6 Å². The molecule has 0 saturated carbocycles. The summed E-state index contributed by atoms with van der Waals surface area (Å²) in [5.41, 5.74) is 5.56. The van der Waals surface area contributed by atoms with E-state index in [1.807, 2.05) is 48.3 Å². The molecule has 2 N–H and O–H groups in total. The van der Waals surface area contributed by atoms with E-state index in [9.17, 15) is 5.26 Å². The Labute approximate surface area is 262 Å². The first-order valence-electron chi connectivity index (χ1n) is 14.9. The summed E-state index contributed by atoms with van der Waals surface area (Å²) in [5.74, 6) is 0. The van der Waals surface area contributed by atoms with Crippen molar-refractivity contribution in [3.63, 3.8) is 0 Å². The third-order valence-corrected chi connectivity index (χ3v) is 8.62. The van der Waals surface area contributed by atoms with Crippen LogP contribution in [0.1, 0.15) is 68.1 Å². The minimum atomic E-state index is -0.271. The highest BCUT2D eigenvalue weighted by molar-refractivity contribution is 6.35. The number of aryl methyl sites for hydroxylation is 1. The van der Waals surface area contributed by atoms with Gasteiger partial charge in [-0.15, -0.1) is 5.10 Å². The predicted octanol–water partition coefficient (Wildman–Crippen LogP) is 6.33. The van der Waals surface area contributed by atoms with Gasteiger partial charge in [0, 0.05) is 61.3 Å². The Morgan fingerprint density at radius 2 is 1.86 bits per heavy atom. The Balaban J connectivity index is 1.32. The standard InChI is InChI=1S/C33H37ClN10/c1-33(2,3)43-12-10-26(11-13-43)44-21-29(40-41-44)31(23-8-6-5-7-9-23)39-25-14-27-30(36-17-22-18-38-42(4)20-22)24(16-35)19-37-32(27)28(34)15-25/h5-9,14-15,18-21,26,31,39H,10-13,17H2,1-4H3,(H,36,37)/t31-/m0/s1. The Morgan fingerprint density at radius 3 is 2.55 bits per heavy atom. The molecule has 0 spiro atoms. The zero-order valence-electron chi connectivity index (χ0n) is 25.5. The molecular weight excluding hydrogens is 572 g/mol. The monoisotopic (exact) mass is 608 g/mol. The van der Waals surface area contributed by atoms with Crippen LogP contribution in [0.5, 0.6) is 0 Å². The molecule has 1 atom stereocenters. The normalized spacial score (nSPS) is 15.3. The van der Waals surface area contributed by atoms with Gasteiger partial charge in [-0.05, 0) is 51.3 Å². The highest BCUT2D eigenvalue weighted by atomic mass is 35.5. The van der Waals surface area contributed by atoms with Crippen LogP contribution in [-0.2, 0) is 13.6 Å². The molecule has 0 aliphatic carbocycles. The number of rotatable bonds is 8. The maximum absolute atomic E-state index is 9.91. The van der Waals surface area contributed by atoms with Crippen LogP contribution >= 0.6 is 11.6 Å². The second-order valence-electron chi connectivity index (χ2n) is 12.4. The lowest BCUT2D eigenvalue weighted by Gasteiger charge is -2.40. The summed E-state index contributed by atoms with van der Waals surface area (Å²) in [6.07, 6.45) is 9.44.